The molecule has 15 heavy (non-hydrogen) atoms. The highest BCUT2D eigenvalue weighted by Crippen LogP contribution is 2.14. The lowest BCUT2D eigenvalue weighted by Crippen LogP contribution is -2.03. The second kappa shape index (κ2) is 4.90. The molecule has 1 rings (SSSR count). The van der Waals surface area contributed by atoms with E-state index in [1.54, 1.807) is 30.3 Å². The minimum Gasteiger partial charge on any atom is -0.466 e. The standard InChI is InChI=1S/C10H9NO4/c1-15-10(12)7-9(11(13)14)8-5-3-2-4-6-8/h2-7H,1H3/b9-7-. The summed E-state index contributed by atoms with van der Waals surface area (Å²) in [5, 5.41) is 10.7. The summed E-state index contributed by atoms with van der Waals surface area (Å²) in [4.78, 5) is 21.0. The fourth-order valence-corrected chi connectivity index (χ4v) is 1.02. The van der Waals surface area contributed by atoms with Crippen LogP contribution in [-0.2, 0) is 9.53 Å². The topological polar surface area (TPSA) is 69.4 Å². The van der Waals surface area contributed by atoms with Crippen molar-refractivity contribution in [2.75, 3.05) is 7.11 Å². The van der Waals surface area contributed by atoms with Gasteiger partial charge < -0.3 is 4.74 Å². The zero-order valence-corrected chi connectivity index (χ0v) is 8.04. The zero-order chi connectivity index (χ0) is 11.3. The zero-order valence-electron chi connectivity index (χ0n) is 8.04. The van der Waals surface area contributed by atoms with Crippen molar-refractivity contribution < 1.29 is 14.5 Å². The molecule has 0 heterocycles. The molecule has 0 N–H and O–H groups in total. The summed E-state index contributed by atoms with van der Waals surface area (Å²) in [5.41, 5.74) is 0.0929. The fourth-order valence-electron chi connectivity index (χ4n) is 1.02. The van der Waals surface area contributed by atoms with Crippen LogP contribution in [0.4, 0.5) is 0 Å². The molecule has 5 heteroatoms. The number of benzene rings is 1. The van der Waals surface area contributed by atoms with E-state index in [-0.39, 0.29) is 5.70 Å². The molecule has 5 nitrogen and oxygen atoms in total. The van der Waals surface area contributed by atoms with Gasteiger partial charge in [0.25, 0.3) is 5.70 Å². The largest absolute Gasteiger partial charge is 0.466 e. The third-order valence-electron chi connectivity index (χ3n) is 1.72. The molecule has 1 aromatic rings. The molecule has 0 amide bonds. The molecular formula is C10H9NO4. The van der Waals surface area contributed by atoms with Crippen molar-refractivity contribution in [3.63, 3.8) is 0 Å². The van der Waals surface area contributed by atoms with Crippen molar-refractivity contribution in [1.29, 1.82) is 0 Å². The first-order chi connectivity index (χ1) is 7.15. The van der Waals surface area contributed by atoms with Gasteiger partial charge in [0, 0.05) is 0 Å². The van der Waals surface area contributed by atoms with Crippen LogP contribution in [0.5, 0.6) is 0 Å². The van der Waals surface area contributed by atoms with Crippen LogP contribution >= 0.6 is 0 Å². The quantitative estimate of drug-likeness (QED) is 0.326. The number of nitro groups is 1. The van der Waals surface area contributed by atoms with E-state index in [2.05, 4.69) is 4.74 Å². The molecule has 0 spiro atoms. The number of methoxy groups -OCH3 is 1. The van der Waals surface area contributed by atoms with Crippen molar-refractivity contribution in [3.05, 3.63) is 52.1 Å². The van der Waals surface area contributed by atoms with Gasteiger partial charge >= 0.3 is 5.97 Å². The SMILES string of the molecule is COC(=O)/C=C(/c1ccccc1)[N+](=O)[O-]. The molecule has 0 aromatic heterocycles. The highest BCUT2D eigenvalue weighted by molar-refractivity contribution is 5.89. The van der Waals surface area contributed by atoms with Gasteiger partial charge in [-0.3, -0.25) is 10.1 Å². The first-order valence-corrected chi connectivity index (χ1v) is 4.14. The molecule has 0 unspecified atom stereocenters. The maximum Gasteiger partial charge on any atom is 0.337 e. The highest BCUT2D eigenvalue weighted by Gasteiger charge is 2.15. The predicted octanol–water partition coefficient (Wildman–Crippen LogP) is 1.48. The van der Waals surface area contributed by atoms with Crippen LogP contribution in [0, 0.1) is 10.1 Å². The summed E-state index contributed by atoms with van der Waals surface area (Å²) in [6.45, 7) is 0. The normalized spacial score (nSPS) is 10.9. The van der Waals surface area contributed by atoms with Gasteiger partial charge in [-0.2, -0.15) is 0 Å². The van der Waals surface area contributed by atoms with E-state index in [0.29, 0.717) is 5.56 Å². The van der Waals surface area contributed by atoms with E-state index in [0.717, 1.165) is 6.08 Å². The molecule has 78 valence electrons. The number of carbonyl (C=O) groups excluding carboxylic acids is 1. The Kier molecular flexibility index (Phi) is 3.56. The van der Waals surface area contributed by atoms with E-state index in [4.69, 9.17) is 0 Å². The van der Waals surface area contributed by atoms with Crippen LogP contribution in [0.3, 0.4) is 0 Å². The van der Waals surface area contributed by atoms with Crippen LogP contribution in [0.2, 0.25) is 0 Å². The first kappa shape index (κ1) is 10.9. The van der Waals surface area contributed by atoms with Crippen LogP contribution in [0.1, 0.15) is 5.56 Å². The molecule has 1 aromatic carbocycles. The highest BCUT2D eigenvalue weighted by atomic mass is 16.6. The molecule has 0 saturated heterocycles. The van der Waals surface area contributed by atoms with E-state index in [1.807, 2.05) is 0 Å². The van der Waals surface area contributed by atoms with Crippen molar-refractivity contribution >= 4 is 11.7 Å². The molecular weight excluding hydrogens is 198 g/mol. The number of ether oxygens (including phenoxy) is 1. The van der Waals surface area contributed by atoms with E-state index in [9.17, 15) is 14.9 Å². The predicted molar refractivity (Wildman–Crippen MR) is 53.4 cm³/mol. The number of carbonyl (C=O) groups is 1. The van der Waals surface area contributed by atoms with Crippen molar-refractivity contribution in [3.8, 4) is 0 Å². The Morgan fingerprint density at radius 2 is 2.00 bits per heavy atom. The molecule has 0 radical (unpaired) electrons. The third-order valence-corrected chi connectivity index (χ3v) is 1.72. The molecule has 0 aliphatic heterocycles. The van der Waals surface area contributed by atoms with Gasteiger partial charge in [0.2, 0.25) is 0 Å². The minimum absolute atomic E-state index is 0.276. The maximum absolute atomic E-state index is 10.9. The Balaban J connectivity index is 3.10. The summed E-state index contributed by atoms with van der Waals surface area (Å²) < 4.78 is 4.33. The maximum atomic E-state index is 10.9. The fraction of sp³-hybridized carbons (Fsp3) is 0.100. The molecule has 0 saturated carbocycles. The van der Waals surface area contributed by atoms with Gasteiger partial charge in [-0.05, 0) is 12.1 Å². The second-order valence-electron chi connectivity index (χ2n) is 2.68. The lowest BCUT2D eigenvalue weighted by Gasteiger charge is -1.97. The van der Waals surface area contributed by atoms with Gasteiger partial charge in [0.15, 0.2) is 0 Å². The van der Waals surface area contributed by atoms with Gasteiger partial charge in [-0.1, -0.05) is 18.2 Å². The Labute approximate surface area is 86.1 Å². The average molecular weight is 207 g/mol. The molecule has 0 fully saturated rings. The lowest BCUT2D eigenvalue weighted by molar-refractivity contribution is -0.375. The monoisotopic (exact) mass is 207 g/mol. The first-order valence-electron chi connectivity index (χ1n) is 4.14. The van der Waals surface area contributed by atoms with Gasteiger partial charge in [-0.15, -0.1) is 0 Å². The number of esters is 1. The number of hydrogen-bond acceptors (Lipinski definition) is 4. The summed E-state index contributed by atoms with van der Waals surface area (Å²) in [6.07, 6.45) is 0.856. The summed E-state index contributed by atoms with van der Waals surface area (Å²) in [7, 11) is 1.17. The van der Waals surface area contributed by atoms with Crippen LogP contribution in [0.15, 0.2) is 36.4 Å². The van der Waals surface area contributed by atoms with E-state index in [1.165, 1.54) is 7.11 Å². The molecule has 0 bridgehead atoms. The Morgan fingerprint density at radius 1 is 1.40 bits per heavy atom. The lowest BCUT2D eigenvalue weighted by atomic mass is 10.1. The van der Waals surface area contributed by atoms with Gasteiger partial charge in [0.1, 0.15) is 6.08 Å². The average Bonchev–Trinajstić information content (AvgIpc) is 2.26. The summed E-state index contributed by atoms with van der Waals surface area (Å²) in [5.74, 6) is -0.745. The number of rotatable bonds is 3. The van der Waals surface area contributed by atoms with Crippen molar-refractivity contribution in [1.82, 2.24) is 0 Å². The summed E-state index contributed by atoms with van der Waals surface area (Å²) >= 11 is 0. The van der Waals surface area contributed by atoms with Crippen molar-refractivity contribution in [2.45, 2.75) is 0 Å². The van der Waals surface area contributed by atoms with Gasteiger partial charge in [-0.25, -0.2) is 4.79 Å². The summed E-state index contributed by atoms with van der Waals surface area (Å²) in [6, 6.07) is 8.16. The third kappa shape index (κ3) is 2.91. The molecule has 0 aliphatic carbocycles. The Bertz CT molecular complexity index is 397. The number of hydrogen-bond donors (Lipinski definition) is 0. The van der Waals surface area contributed by atoms with Crippen LogP contribution < -0.4 is 0 Å². The smallest absolute Gasteiger partial charge is 0.337 e. The minimum atomic E-state index is -0.745. The van der Waals surface area contributed by atoms with Crippen LogP contribution in [0.25, 0.3) is 5.70 Å². The van der Waals surface area contributed by atoms with E-state index >= 15 is 0 Å². The molecule has 0 atom stereocenters. The van der Waals surface area contributed by atoms with Gasteiger partial charge in [0.05, 0.1) is 17.6 Å². The van der Waals surface area contributed by atoms with Crippen molar-refractivity contribution in [2.24, 2.45) is 0 Å². The van der Waals surface area contributed by atoms with E-state index < -0.39 is 10.9 Å². The molecule has 0 aliphatic rings. The second-order valence-corrected chi connectivity index (χ2v) is 2.68. The Hall–Kier alpha value is -2.17. The van der Waals surface area contributed by atoms with Crippen LogP contribution in [-0.4, -0.2) is 18.0 Å². The Morgan fingerprint density at radius 3 is 2.47 bits per heavy atom. The number of nitrogens with zero attached hydrogens (tertiary/aromatic N) is 1.